The van der Waals surface area contributed by atoms with Crippen LogP contribution in [0.2, 0.25) is 0 Å². The average Bonchev–Trinajstić information content (AvgIpc) is 3.06. The first kappa shape index (κ1) is 18.5. The van der Waals surface area contributed by atoms with Gasteiger partial charge in [0.2, 0.25) is 10.0 Å². The van der Waals surface area contributed by atoms with Crippen LogP contribution in [0.25, 0.3) is 10.9 Å². The molecule has 0 saturated heterocycles. The van der Waals surface area contributed by atoms with Gasteiger partial charge in [0.1, 0.15) is 5.75 Å². The molecule has 0 spiro atoms. The van der Waals surface area contributed by atoms with Crippen molar-refractivity contribution in [3.05, 3.63) is 60.3 Å². The molecule has 5 nitrogen and oxygen atoms in total. The summed E-state index contributed by atoms with van der Waals surface area (Å²) in [6.07, 6.45) is 1.95. The molecule has 2 aromatic carbocycles. The lowest BCUT2D eigenvalue weighted by Crippen LogP contribution is -2.36. The van der Waals surface area contributed by atoms with E-state index in [0.717, 1.165) is 16.5 Å². The van der Waals surface area contributed by atoms with Crippen LogP contribution in [0.5, 0.6) is 5.75 Å². The Kier molecular flexibility index (Phi) is 5.07. The molecule has 2 N–H and O–H groups in total. The number of para-hydroxylation sites is 1. The maximum absolute atomic E-state index is 12.6. The predicted octanol–water partition coefficient (Wildman–Crippen LogP) is 3.82. The zero-order valence-corrected chi connectivity index (χ0v) is 16.1. The Morgan fingerprint density at radius 1 is 1.08 bits per heavy atom. The first-order chi connectivity index (χ1) is 12.3. The van der Waals surface area contributed by atoms with Gasteiger partial charge in [-0.2, -0.15) is 0 Å². The molecule has 0 saturated carbocycles. The number of sulfonamides is 1. The monoisotopic (exact) mass is 372 g/mol. The molecule has 3 aromatic rings. The van der Waals surface area contributed by atoms with Crippen molar-refractivity contribution in [1.82, 2.24) is 9.71 Å². The molecule has 0 amide bonds. The van der Waals surface area contributed by atoms with Crippen LogP contribution in [0.15, 0.2) is 59.6 Å². The van der Waals surface area contributed by atoms with Crippen LogP contribution in [0.1, 0.15) is 26.3 Å². The standard InChI is InChI=1S/C20H24N2O3S/c1-4-25-15-9-11-16(12-10-15)26(23,24)22-14-20(2,3)18-13-21-19-8-6-5-7-17(18)19/h5-13,21-22H,4,14H2,1-3H3. The van der Waals surface area contributed by atoms with Crippen molar-refractivity contribution in [3.8, 4) is 5.75 Å². The van der Waals surface area contributed by atoms with Crippen LogP contribution in [0.4, 0.5) is 0 Å². The molecule has 1 heterocycles. The summed E-state index contributed by atoms with van der Waals surface area (Å²) in [5.74, 6) is 0.658. The van der Waals surface area contributed by atoms with E-state index in [0.29, 0.717) is 18.9 Å². The Morgan fingerprint density at radius 2 is 1.77 bits per heavy atom. The average molecular weight is 372 g/mol. The summed E-state index contributed by atoms with van der Waals surface area (Å²) < 4.78 is 33.3. The zero-order valence-electron chi connectivity index (χ0n) is 15.2. The maximum atomic E-state index is 12.6. The lowest BCUT2D eigenvalue weighted by molar-refractivity contribution is 0.340. The van der Waals surface area contributed by atoms with Gasteiger partial charge in [0.25, 0.3) is 0 Å². The van der Waals surface area contributed by atoms with Crippen molar-refractivity contribution in [2.75, 3.05) is 13.2 Å². The van der Waals surface area contributed by atoms with Crippen molar-refractivity contribution in [2.24, 2.45) is 0 Å². The molecule has 3 rings (SSSR count). The van der Waals surface area contributed by atoms with E-state index in [4.69, 9.17) is 4.74 Å². The second kappa shape index (κ2) is 7.13. The fraction of sp³-hybridized carbons (Fsp3) is 0.300. The van der Waals surface area contributed by atoms with E-state index < -0.39 is 10.0 Å². The summed E-state index contributed by atoms with van der Waals surface area (Å²) in [7, 11) is -3.59. The highest BCUT2D eigenvalue weighted by Crippen LogP contribution is 2.30. The van der Waals surface area contributed by atoms with Crippen LogP contribution in [0.3, 0.4) is 0 Å². The summed E-state index contributed by atoms with van der Waals surface area (Å²) >= 11 is 0. The summed E-state index contributed by atoms with van der Waals surface area (Å²) in [4.78, 5) is 3.48. The molecule has 0 unspecified atom stereocenters. The van der Waals surface area contributed by atoms with E-state index in [1.807, 2.05) is 51.2 Å². The van der Waals surface area contributed by atoms with Crippen LogP contribution in [-0.4, -0.2) is 26.6 Å². The number of hydrogen-bond acceptors (Lipinski definition) is 3. The molecule has 0 atom stereocenters. The number of ether oxygens (including phenoxy) is 1. The van der Waals surface area contributed by atoms with Crippen LogP contribution in [-0.2, 0) is 15.4 Å². The molecule has 0 bridgehead atoms. The fourth-order valence-electron chi connectivity index (χ4n) is 2.97. The second-order valence-corrected chi connectivity index (χ2v) is 8.63. The number of H-pyrrole nitrogens is 1. The van der Waals surface area contributed by atoms with Gasteiger partial charge < -0.3 is 9.72 Å². The molecular weight excluding hydrogens is 348 g/mol. The SMILES string of the molecule is CCOc1ccc(S(=O)(=O)NCC(C)(C)c2c[nH]c3ccccc23)cc1. The number of fused-ring (bicyclic) bond motifs is 1. The minimum Gasteiger partial charge on any atom is -0.494 e. The summed E-state index contributed by atoms with van der Waals surface area (Å²) in [5.41, 5.74) is 1.77. The quantitative estimate of drug-likeness (QED) is 0.662. The Morgan fingerprint density at radius 3 is 2.46 bits per heavy atom. The third-order valence-electron chi connectivity index (χ3n) is 4.47. The third kappa shape index (κ3) is 3.76. The number of benzene rings is 2. The van der Waals surface area contributed by atoms with Crippen molar-refractivity contribution >= 4 is 20.9 Å². The van der Waals surface area contributed by atoms with Gasteiger partial charge in [0, 0.05) is 29.1 Å². The molecule has 0 radical (unpaired) electrons. The van der Waals surface area contributed by atoms with E-state index in [1.54, 1.807) is 24.3 Å². The highest BCUT2D eigenvalue weighted by atomic mass is 32.2. The molecule has 0 aliphatic carbocycles. The Balaban J connectivity index is 1.77. The van der Waals surface area contributed by atoms with Gasteiger partial charge in [-0.05, 0) is 42.8 Å². The van der Waals surface area contributed by atoms with E-state index in [-0.39, 0.29) is 10.3 Å². The molecule has 6 heteroatoms. The second-order valence-electron chi connectivity index (χ2n) is 6.86. The Bertz CT molecular complexity index is 989. The van der Waals surface area contributed by atoms with Crippen LogP contribution < -0.4 is 9.46 Å². The minimum atomic E-state index is -3.59. The normalized spacial score (nSPS) is 12.4. The van der Waals surface area contributed by atoms with Crippen LogP contribution in [0, 0.1) is 0 Å². The highest BCUT2D eigenvalue weighted by Gasteiger charge is 2.26. The Labute approximate surface area is 154 Å². The smallest absolute Gasteiger partial charge is 0.240 e. The molecule has 0 fully saturated rings. The van der Waals surface area contributed by atoms with Crippen LogP contribution >= 0.6 is 0 Å². The molecule has 138 valence electrons. The van der Waals surface area contributed by atoms with E-state index in [2.05, 4.69) is 9.71 Å². The predicted molar refractivity (Wildman–Crippen MR) is 104 cm³/mol. The summed E-state index contributed by atoms with van der Waals surface area (Å²) in [6, 6.07) is 14.5. The van der Waals surface area contributed by atoms with Gasteiger partial charge in [-0.25, -0.2) is 13.1 Å². The van der Waals surface area contributed by atoms with E-state index in [1.165, 1.54) is 0 Å². The van der Waals surface area contributed by atoms with E-state index >= 15 is 0 Å². The minimum absolute atomic E-state index is 0.232. The number of rotatable bonds is 7. The fourth-order valence-corrected chi connectivity index (χ4v) is 4.18. The Hall–Kier alpha value is -2.31. The van der Waals surface area contributed by atoms with Gasteiger partial charge in [-0.3, -0.25) is 0 Å². The van der Waals surface area contributed by atoms with Crippen molar-refractivity contribution in [2.45, 2.75) is 31.1 Å². The number of aromatic amines is 1. The van der Waals surface area contributed by atoms with Crippen molar-refractivity contribution < 1.29 is 13.2 Å². The molecule has 26 heavy (non-hydrogen) atoms. The van der Waals surface area contributed by atoms with Gasteiger partial charge in [-0.15, -0.1) is 0 Å². The van der Waals surface area contributed by atoms with Gasteiger partial charge in [-0.1, -0.05) is 32.0 Å². The van der Waals surface area contributed by atoms with Gasteiger partial charge >= 0.3 is 0 Å². The highest BCUT2D eigenvalue weighted by molar-refractivity contribution is 7.89. The van der Waals surface area contributed by atoms with Crippen molar-refractivity contribution in [3.63, 3.8) is 0 Å². The largest absolute Gasteiger partial charge is 0.494 e. The van der Waals surface area contributed by atoms with Gasteiger partial charge in [0.15, 0.2) is 0 Å². The summed E-state index contributed by atoms with van der Waals surface area (Å²) in [6.45, 7) is 6.79. The lowest BCUT2D eigenvalue weighted by Gasteiger charge is -2.25. The molecular formula is C20H24N2O3S. The third-order valence-corrected chi connectivity index (χ3v) is 5.88. The first-order valence-electron chi connectivity index (χ1n) is 8.62. The molecule has 1 aromatic heterocycles. The maximum Gasteiger partial charge on any atom is 0.240 e. The summed E-state index contributed by atoms with van der Waals surface area (Å²) in [5, 5.41) is 1.11. The molecule has 0 aliphatic heterocycles. The number of hydrogen-bond donors (Lipinski definition) is 2. The molecule has 0 aliphatic rings. The topological polar surface area (TPSA) is 71.2 Å². The number of aromatic nitrogens is 1. The first-order valence-corrected chi connectivity index (χ1v) is 10.1. The number of nitrogens with one attached hydrogen (secondary N) is 2. The zero-order chi connectivity index (χ0) is 18.8. The van der Waals surface area contributed by atoms with Gasteiger partial charge in [0.05, 0.1) is 11.5 Å². The lowest BCUT2D eigenvalue weighted by atomic mass is 9.85. The van der Waals surface area contributed by atoms with E-state index in [9.17, 15) is 8.42 Å². The van der Waals surface area contributed by atoms with Crippen molar-refractivity contribution in [1.29, 1.82) is 0 Å².